The topological polar surface area (TPSA) is 117 Å². The molecule has 2 aromatic heterocycles. The van der Waals surface area contributed by atoms with Crippen LogP contribution in [0.2, 0.25) is 0 Å². The molecule has 2 aromatic rings. The van der Waals surface area contributed by atoms with Crippen molar-refractivity contribution in [3.63, 3.8) is 0 Å². The van der Waals surface area contributed by atoms with Crippen LogP contribution in [0.25, 0.3) is 11.2 Å². The summed E-state index contributed by atoms with van der Waals surface area (Å²) >= 11 is 0. The molecule has 0 bridgehead atoms. The monoisotopic (exact) mass is 294 g/mol. The Balaban J connectivity index is 2.40. The summed E-state index contributed by atoms with van der Waals surface area (Å²) in [4.78, 5) is 40.3. The molecular formula is C12H18N6O3. The van der Waals surface area contributed by atoms with Crippen molar-refractivity contribution in [1.82, 2.24) is 24.0 Å². The highest BCUT2D eigenvalue weighted by molar-refractivity contribution is 5.76. The van der Waals surface area contributed by atoms with Crippen LogP contribution in [0.4, 0.5) is 0 Å². The standard InChI is InChI=1S/C12H18N6O3/c1-16-7-15-10-9(16)11(20)18(12(21)17(10)2)6-8(19)14-5-3-4-13/h7H,3-6,13H2,1-2H3,(H,14,19). The van der Waals surface area contributed by atoms with E-state index in [2.05, 4.69) is 10.3 Å². The van der Waals surface area contributed by atoms with Crippen LogP contribution >= 0.6 is 0 Å². The predicted molar refractivity (Wildman–Crippen MR) is 76.9 cm³/mol. The number of amides is 1. The third-order valence-electron chi connectivity index (χ3n) is 3.21. The van der Waals surface area contributed by atoms with Crippen molar-refractivity contribution in [2.45, 2.75) is 13.0 Å². The summed E-state index contributed by atoms with van der Waals surface area (Å²) < 4.78 is 3.69. The normalized spacial score (nSPS) is 11.0. The van der Waals surface area contributed by atoms with Crippen LogP contribution in [0, 0.1) is 0 Å². The highest BCUT2D eigenvalue weighted by Crippen LogP contribution is 2.02. The molecule has 2 heterocycles. The van der Waals surface area contributed by atoms with E-state index in [0.717, 1.165) is 4.57 Å². The summed E-state index contributed by atoms with van der Waals surface area (Å²) in [6.45, 7) is 0.554. The Morgan fingerprint density at radius 1 is 1.38 bits per heavy atom. The van der Waals surface area contributed by atoms with Crippen molar-refractivity contribution in [2.24, 2.45) is 19.8 Å². The summed E-state index contributed by atoms with van der Waals surface area (Å²) in [5.74, 6) is -0.399. The zero-order chi connectivity index (χ0) is 15.6. The molecule has 0 aromatic carbocycles. The average Bonchev–Trinajstić information content (AvgIpc) is 2.84. The van der Waals surface area contributed by atoms with E-state index in [1.807, 2.05) is 0 Å². The molecule has 0 atom stereocenters. The van der Waals surface area contributed by atoms with Gasteiger partial charge in [-0.1, -0.05) is 0 Å². The summed E-state index contributed by atoms with van der Waals surface area (Å²) in [5, 5.41) is 2.61. The Bertz CT molecular complexity index is 785. The van der Waals surface area contributed by atoms with E-state index in [1.54, 1.807) is 7.05 Å². The number of nitrogens with one attached hydrogen (secondary N) is 1. The zero-order valence-electron chi connectivity index (χ0n) is 12.0. The second-order valence-electron chi connectivity index (χ2n) is 4.75. The second kappa shape index (κ2) is 5.92. The fraction of sp³-hybridized carbons (Fsp3) is 0.500. The van der Waals surface area contributed by atoms with E-state index in [9.17, 15) is 14.4 Å². The highest BCUT2D eigenvalue weighted by Gasteiger charge is 2.16. The lowest BCUT2D eigenvalue weighted by Crippen LogP contribution is -2.43. The quantitative estimate of drug-likeness (QED) is 0.613. The molecule has 0 aliphatic carbocycles. The van der Waals surface area contributed by atoms with Crippen molar-refractivity contribution < 1.29 is 4.79 Å². The molecule has 1 amide bonds. The van der Waals surface area contributed by atoms with Gasteiger partial charge in [-0.2, -0.15) is 0 Å². The number of hydrogen-bond acceptors (Lipinski definition) is 5. The van der Waals surface area contributed by atoms with Crippen molar-refractivity contribution in [3.8, 4) is 0 Å². The van der Waals surface area contributed by atoms with Crippen LogP contribution in [0.15, 0.2) is 15.9 Å². The minimum Gasteiger partial charge on any atom is -0.354 e. The van der Waals surface area contributed by atoms with Gasteiger partial charge in [0.05, 0.1) is 6.33 Å². The molecule has 2 rings (SSSR count). The molecule has 114 valence electrons. The average molecular weight is 294 g/mol. The molecule has 0 spiro atoms. The Labute approximate surface area is 120 Å². The number of nitrogens with zero attached hydrogens (tertiary/aromatic N) is 4. The Morgan fingerprint density at radius 3 is 2.76 bits per heavy atom. The van der Waals surface area contributed by atoms with Crippen molar-refractivity contribution in [3.05, 3.63) is 27.2 Å². The first kappa shape index (κ1) is 15.0. The minimum atomic E-state index is -0.569. The molecular weight excluding hydrogens is 276 g/mol. The fourth-order valence-electron chi connectivity index (χ4n) is 2.07. The van der Waals surface area contributed by atoms with Gasteiger partial charge in [0.1, 0.15) is 6.54 Å². The summed E-state index contributed by atoms with van der Waals surface area (Å²) in [5.41, 5.74) is 4.82. The first-order chi connectivity index (χ1) is 9.97. The molecule has 0 unspecified atom stereocenters. The maximum Gasteiger partial charge on any atom is 0.332 e. The van der Waals surface area contributed by atoms with Gasteiger partial charge in [0.25, 0.3) is 5.56 Å². The number of nitrogens with two attached hydrogens (primary N) is 1. The minimum absolute atomic E-state index is 0.284. The van der Waals surface area contributed by atoms with Crippen LogP contribution in [0.3, 0.4) is 0 Å². The van der Waals surface area contributed by atoms with E-state index in [0.29, 0.717) is 25.2 Å². The molecule has 3 N–H and O–H groups in total. The van der Waals surface area contributed by atoms with Gasteiger partial charge in [-0.15, -0.1) is 0 Å². The Kier molecular flexibility index (Phi) is 4.22. The van der Waals surface area contributed by atoms with Gasteiger partial charge in [-0.3, -0.25) is 14.2 Å². The van der Waals surface area contributed by atoms with Gasteiger partial charge < -0.3 is 15.6 Å². The maximum absolute atomic E-state index is 12.3. The number of aryl methyl sites for hydroxylation is 2. The molecule has 0 saturated heterocycles. The fourth-order valence-corrected chi connectivity index (χ4v) is 2.07. The maximum atomic E-state index is 12.3. The first-order valence-corrected chi connectivity index (χ1v) is 6.55. The summed E-state index contributed by atoms with van der Waals surface area (Å²) in [6.07, 6.45) is 2.09. The van der Waals surface area contributed by atoms with Crippen LogP contribution in [-0.2, 0) is 25.4 Å². The molecule has 21 heavy (non-hydrogen) atoms. The zero-order valence-corrected chi connectivity index (χ0v) is 12.0. The van der Waals surface area contributed by atoms with Gasteiger partial charge in [-0.05, 0) is 13.0 Å². The number of carbonyl (C=O) groups is 1. The molecule has 0 saturated carbocycles. The number of fused-ring (bicyclic) bond motifs is 1. The lowest BCUT2D eigenvalue weighted by Gasteiger charge is -2.09. The van der Waals surface area contributed by atoms with Gasteiger partial charge in [0.2, 0.25) is 5.91 Å². The SMILES string of the molecule is Cn1cnc2c1c(=O)n(CC(=O)NCCCN)c(=O)n2C. The largest absolute Gasteiger partial charge is 0.354 e. The van der Waals surface area contributed by atoms with Crippen LogP contribution < -0.4 is 22.3 Å². The van der Waals surface area contributed by atoms with Crippen molar-refractivity contribution in [2.75, 3.05) is 13.1 Å². The third kappa shape index (κ3) is 2.72. The number of hydrogen-bond donors (Lipinski definition) is 2. The van der Waals surface area contributed by atoms with E-state index < -0.39 is 17.2 Å². The summed E-state index contributed by atoms with van der Waals surface area (Å²) in [7, 11) is 3.17. The van der Waals surface area contributed by atoms with Gasteiger partial charge in [0, 0.05) is 20.6 Å². The van der Waals surface area contributed by atoms with E-state index >= 15 is 0 Å². The third-order valence-corrected chi connectivity index (χ3v) is 3.21. The number of imidazole rings is 1. The molecule has 0 aliphatic rings. The number of aromatic nitrogens is 4. The molecule has 0 radical (unpaired) electrons. The van der Waals surface area contributed by atoms with E-state index in [1.165, 1.54) is 22.5 Å². The smallest absolute Gasteiger partial charge is 0.332 e. The summed E-state index contributed by atoms with van der Waals surface area (Å²) in [6, 6.07) is 0. The predicted octanol–water partition coefficient (Wildman–Crippen LogP) is -2.10. The van der Waals surface area contributed by atoms with Crippen molar-refractivity contribution >= 4 is 17.1 Å². The van der Waals surface area contributed by atoms with Crippen LogP contribution in [-0.4, -0.2) is 37.7 Å². The molecule has 9 heteroatoms. The van der Waals surface area contributed by atoms with Gasteiger partial charge in [0.15, 0.2) is 11.2 Å². The Hall–Kier alpha value is -2.42. The molecule has 9 nitrogen and oxygen atoms in total. The van der Waals surface area contributed by atoms with Crippen molar-refractivity contribution in [1.29, 1.82) is 0 Å². The van der Waals surface area contributed by atoms with Crippen LogP contribution in [0.1, 0.15) is 6.42 Å². The molecule has 0 fully saturated rings. The van der Waals surface area contributed by atoms with Gasteiger partial charge >= 0.3 is 5.69 Å². The highest BCUT2D eigenvalue weighted by atomic mass is 16.2. The number of rotatable bonds is 5. The number of carbonyl (C=O) groups excluding carboxylic acids is 1. The van der Waals surface area contributed by atoms with Gasteiger partial charge in [-0.25, -0.2) is 14.3 Å². The van der Waals surface area contributed by atoms with E-state index in [-0.39, 0.29) is 12.1 Å². The van der Waals surface area contributed by atoms with Crippen LogP contribution in [0.5, 0.6) is 0 Å². The molecule has 0 aliphatic heterocycles. The lowest BCUT2D eigenvalue weighted by molar-refractivity contribution is -0.121. The Morgan fingerprint density at radius 2 is 2.10 bits per heavy atom. The van der Waals surface area contributed by atoms with E-state index in [4.69, 9.17) is 5.73 Å². The first-order valence-electron chi connectivity index (χ1n) is 6.55. The lowest BCUT2D eigenvalue weighted by atomic mass is 10.4. The second-order valence-corrected chi connectivity index (χ2v) is 4.75.